The van der Waals surface area contributed by atoms with Crippen LogP contribution in [-0.4, -0.2) is 10.7 Å². The molecule has 0 aromatic heterocycles. The van der Waals surface area contributed by atoms with Gasteiger partial charge < -0.3 is 0 Å². The van der Waals surface area contributed by atoms with E-state index in [1.807, 2.05) is 36.4 Å². The molecule has 3 aromatic rings. The zero-order valence-corrected chi connectivity index (χ0v) is 14.1. The number of non-ortho nitro benzene ring substituents is 1. The van der Waals surface area contributed by atoms with E-state index in [-0.39, 0.29) is 11.5 Å². The summed E-state index contributed by atoms with van der Waals surface area (Å²) in [4.78, 5) is 22.6. The van der Waals surface area contributed by atoms with Gasteiger partial charge in [-0.15, -0.1) is 0 Å². The molecule has 0 aliphatic carbocycles. The minimum Gasteiger partial charge on any atom is -0.289 e. The summed E-state index contributed by atoms with van der Waals surface area (Å²) in [5.74, 6) is -0.160. The highest BCUT2D eigenvalue weighted by atomic mass is 79.9. The van der Waals surface area contributed by atoms with Gasteiger partial charge in [0.05, 0.1) is 4.92 Å². The van der Waals surface area contributed by atoms with Crippen LogP contribution in [0.2, 0.25) is 0 Å². The van der Waals surface area contributed by atoms with E-state index in [0.29, 0.717) is 11.1 Å². The second-order valence-electron chi connectivity index (χ2n) is 5.22. The summed E-state index contributed by atoms with van der Waals surface area (Å²) in [6, 6.07) is 20.9. The Bertz CT molecular complexity index is 885. The van der Waals surface area contributed by atoms with E-state index >= 15 is 0 Å². The van der Waals surface area contributed by atoms with Crippen molar-refractivity contribution in [2.75, 3.05) is 0 Å². The summed E-state index contributed by atoms with van der Waals surface area (Å²) in [6.07, 6.45) is 0. The van der Waals surface area contributed by atoms with Crippen molar-refractivity contribution in [1.29, 1.82) is 0 Å². The average molecular weight is 382 g/mol. The fourth-order valence-corrected chi connectivity index (χ4v) is 2.62. The van der Waals surface area contributed by atoms with Crippen molar-refractivity contribution in [2.45, 2.75) is 0 Å². The minimum absolute atomic E-state index is 0.0304. The molecule has 0 radical (unpaired) electrons. The van der Waals surface area contributed by atoms with Crippen LogP contribution in [-0.2, 0) is 0 Å². The largest absolute Gasteiger partial charge is 0.289 e. The van der Waals surface area contributed by atoms with E-state index in [1.165, 1.54) is 24.3 Å². The van der Waals surface area contributed by atoms with Crippen molar-refractivity contribution in [3.05, 3.63) is 98.5 Å². The molecule has 0 bridgehead atoms. The Balaban J connectivity index is 1.83. The average Bonchev–Trinajstić information content (AvgIpc) is 2.62. The van der Waals surface area contributed by atoms with Crippen LogP contribution in [0.5, 0.6) is 0 Å². The van der Waals surface area contributed by atoms with Gasteiger partial charge in [0, 0.05) is 27.7 Å². The Morgan fingerprint density at radius 1 is 0.750 bits per heavy atom. The van der Waals surface area contributed by atoms with Gasteiger partial charge in [-0.25, -0.2) is 0 Å². The van der Waals surface area contributed by atoms with Crippen molar-refractivity contribution in [2.24, 2.45) is 0 Å². The quantitative estimate of drug-likeness (QED) is 0.352. The SMILES string of the molecule is O=C(c1ccc(-c2ccc(Br)cc2)cc1)c1ccc([N+](=O)[O-])cc1. The maximum absolute atomic E-state index is 12.4. The molecule has 3 aromatic carbocycles. The maximum atomic E-state index is 12.4. The molecule has 0 N–H and O–H groups in total. The van der Waals surface area contributed by atoms with Gasteiger partial charge in [0.2, 0.25) is 0 Å². The number of rotatable bonds is 4. The molecular formula is C19H12BrNO3. The van der Waals surface area contributed by atoms with Gasteiger partial charge >= 0.3 is 0 Å². The van der Waals surface area contributed by atoms with Crippen molar-refractivity contribution in [1.82, 2.24) is 0 Å². The number of hydrogen-bond acceptors (Lipinski definition) is 3. The van der Waals surface area contributed by atoms with Crippen molar-refractivity contribution in [3.8, 4) is 11.1 Å². The zero-order valence-electron chi connectivity index (χ0n) is 12.5. The molecule has 0 saturated carbocycles. The van der Waals surface area contributed by atoms with Crippen molar-refractivity contribution in [3.63, 3.8) is 0 Å². The first-order valence-corrected chi connectivity index (χ1v) is 7.99. The summed E-state index contributed by atoms with van der Waals surface area (Å²) in [6.45, 7) is 0. The topological polar surface area (TPSA) is 60.2 Å². The molecule has 118 valence electrons. The summed E-state index contributed by atoms with van der Waals surface area (Å²) >= 11 is 3.40. The normalized spacial score (nSPS) is 10.4. The molecule has 0 heterocycles. The predicted molar refractivity (Wildman–Crippen MR) is 96.1 cm³/mol. The Labute approximate surface area is 147 Å². The highest BCUT2D eigenvalue weighted by molar-refractivity contribution is 9.10. The lowest BCUT2D eigenvalue weighted by Crippen LogP contribution is -2.01. The third-order valence-electron chi connectivity index (χ3n) is 3.66. The lowest BCUT2D eigenvalue weighted by molar-refractivity contribution is -0.384. The number of nitrogens with zero attached hydrogens (tertiary/aromatic N) is 1. The van der Waals surface area contributed by atoms with Crippen LogP contribution in [0.25, 0.3) is 11.1 Å². The summed E-state index contributed by atoms with van der Waals surface area (Å²) in [7, 11) is 0. The van der Waals surface area contributed by atoms with Crippen LogP contribution >= 0.6 is 15.9 Å². The highest BCUT2D eigenvalue weighted by Crippen LogP contribution is 2.23. The lowest BCUT2D eigenvalue weighted by atomic mass is 9.99. The first-order valence-electron chi connectivity index (χ1n) is 7.20. The highest BCUT2D eigenvalue weighted by Gasteiger charge is 2.11. The molecule has 5 heteroatoms. The van der Waals surface area contributed by atoms with Gasteiger partial charge in [-0.05, 0) is 35.4 Å². The molecule has 0 fully saturated rings. The molecule has 4 nitrogen and oxygen atoms in total. The molecule has 24 heavy (non-hydrogen) atoms. The van der Waals surface area contributed by atoms with Crippen molar-refractivity contribution < 1.29 is 9.72 Å². The third kappa shape index (κ3) is 3.41. The van der Waals surface area contributed by atoms with E-state index < -0.39 is 4.92 Å². The van der Waals surface area contributed by atoms with Crippen LogP contribution in [0.4, 0.5) is 5.69 Å². The third-order valence-corrected chi connectivity index (χ3v) is 4.19. The van der Waals surface area contributed by atoms with E-state index in [4.69, 9.17) is 0 Å². The number of benzene rings is 3. The number of nitro groups is 1. The number of hydrogen-bond donors (Lipinski definition) is 0. The molecule has 0 atom stereocenters. The summed E-state index contributed by atoms with van der Waals surface area (Å²) < 4.78 is 1.01. The fourth-order valence-electron chi connectivity index (χ4n) is 2.36. The number of carbonyl (C=O) groups excluding carboxylic acids is 1. The van der Waals surface area contributed by atoms with Gasteiger partial charge in [0.25, 0.3) is 5.69 Å². The van der Waals surface area contributed by atoms with Crippen LogP contribution in [0, 0.1) is 10.1 Å². The van der Waals surface area contributed by atoms with Crippen molar-refractivity contribution >= 4 is 27.4 Å². The number of ketones is 1. The molecule has 0 saturated heterocycles. The second kappa shape index (κ2) is 6.76. The zero-order chi connectivity index (χ0) is 17.1. The molecule has 0 amide bonds. The van der Waals surface area contributed by atoms with E-state index in [0.717, 1.165) is 15.6 Å². The number of carbonyl (C=O) groups is 1. The lowest BCUT2D eigenvalue weighted by Gasteiger charge is -2.05. The molecule has 0 unspecified atom stereocenters. The molecule has 0 aliphatic heterocycles. The first-order chi connectivity index (χ1) is 11.5. The molecule has 0 aliphatic rings. The maximum Gasteiger partial charge on any atom is 0.269 e. The van der Waals surface area contributed by atoms with Crippen LogP contribution < -0.4 is 0 Å². The molecular weight excluding hydrogens is 370 g/mol. The minimum atomic E-state index is -0.485. The van der Waals surface area contributed by atoms with Gasteiger partial charge in [-0.3, -0.25) is 14.9 Å². The van der Waals surface area contributed by atoms with Gasteiger partial charge in [-0.1, -0.05) is 52.3 Å². The molecule has 3 rings (SSSR count). The monoisotopic (exact) mass is 381 g/mol. The molecule has 0 spiro atoms. The van der Waals surface area contributed by atoms with Crippen LogP contribution in [0.3, 0.4) is 0 Å². The Kier molecular flexibility index (Phi) is 4.53. The predicted octanol–water partition coefficient (Wildman–Crippen LogP) is 5.26. The Morgan fingerprint density at radius 2 is 1.17 bits per heavy atom. The van der Waals surface area contributed by atoms with E-state index in [1.54, 1.807) is 12.1 Å². The van der Waals surface area contributed by atoms with Crippen LogP contribution in [0.1, 0.15) is 15.9 Å². The second-order valence-corrected chi connectivity index (χ2v) is 6.13. The van der Waals surface area contributed by atoms with Gasteiger partial charge in [-0.2, -0.15) is 0 Å². The summed E-state index contributed by atoms with van der Waals surface area (Å²) in [5.41, 5.74) is 3.02. The Morgan fingerprint density at radius 3 is 1.62 bits per heavy atom. The number of halogens is 1. The smallest absolute Gasteiger partial charge is 0.269 e. The number of nitro benzene ring substituents is 1. The van der Waals surface area contributed by atoms with Gasteiger partial charge in [0.1, 0.15) is 0 Å². The van der Waals surface area contributed by atoms with Crippen LogP contribution in [0.15, 0.2) is 77.3 Å². The van der Waals surface area contributed by atoms with Gasteiger partial charge in [0.15, 0.2) is 5.78 Å². The van der Waals surface area contributed by atoms with E-state index in [9.17, 15) is 14.9 Å². The standard InChI is InChI=1S/C19H12BrNO3/c20-17-9-5-14(6-10-17)13-1-3-15(4-2-13)19(22)16-7-11-18(12-8-16)21(23)24/h1-12H. The van der Waals surface area contributed by atoms with E-state index in [2.05, 4.69) is 15.9 Å². The fraction of sp³-hybridized carbons (Fsp3) is 0. The first kappa shape index (κ1) is 16.1. The summed E-state index contributed by atoms with van der Waals surface area (Å²) in [5, 5.41) is 10.7. The Hall–Kier alpha value is -2.79.